The molecule has 1 aromatic heterocycles. The molecule has 1 heterocycles. The molecule has 0 atom stereocenters. The Labute approximate surface area is 164 Å². The highest BCUT2D eigenvalue weighted by atomic mass is 16.5. The van der Waals surface area contributed by atoms with Crippen molar-refractivity contribution in [2.24, 2.45) is 0 Å². The average molecular weight is 377 g/mol. The quantitative estimate of drug-likeness (QED) is 0.483. The summed E-state index contributed by atoms with van der Waals surface area (Å²) in [6.07, 6.45) is 6.92. The van der Waals surface area contributed by atoms with Gasteiger partial charge in [0.2, 0.25) is 5.91 Å². The third kappa shape index (κ3) is 5.23. The van der Waals surface area contributed by atoms with Gasteiger partial charge in [-0.05, 0) is 42.8 Å². The van der Waals surface area contributed by atoms with Crippen LogP contribution in [0.4, 0.5) is 0 Å². The van der Waals surface area contributed by atoms with Gasteiger partial charge >= 0.3 is 0 Å². The number of para-hydroxylation sites is 1. The maximum absolute atomic E-state index is 12.0. The summed E-state index contributed by atoms with van der Waals surface area (Å²) in [6.45, 7) is 2.78. The van der Waals surface area contributed by atoms with Crippen molar-refractivity contribution in [2.75, 3.05) is 20.3 Å². The zero-order valence-electron chi connectivity index (χ0n) is 16.0. The first-order valence-electron chi connectivity index (χ1n) is 8.98. The van der Waals surface area contributed by atoms with Crippen LogP contribution in [0.15, 0.2) is 67.1 Å². The summed E-state index contributed by atoms with van der Waals surface area (Å²) >= 11 is 0. The number of hydrogen-bond acceptors (Lipinski definition) is 4. The molecule has 28 heavy (non-hydrogen) atoms. The van der Waals surface area contributed by atoms with Gasteiger partial charge in [-0.2, -0.15) is 0 Å². The number of imidazole rings is 1. The molecule has 3 rings (SSSR count). The Morgan fingerprint density at radius 1 is 1.21 bits per heavy atom. The number of amides is 1. The molecule has 0 saturated carbocycles. The van der Waals surface area contributed by atoms with Crippen LogP contribution in [0, 0.1) is 6.92 Å². The first kappa shape index (κ1) is 19.2. The van der Waals surface area contributed by atoms with Crippen molar-refractivity contribution in [2.45, 2.75) is 6.92 Å². The molecule has 0 spiro atoms. The summed E-state index contributed by atoms with van der Waals surface area (Å²) in [5, 5.41) is 2.80. The van der Waals surface area contributed by atoms with E-state index in [-0.39, 0.29) is 5.91 Å². The minimum Gasteiger partial charge on any atom is -0.495 e. The topological polar surface area (TPSA) is 65.4 Å². The van der Waals surface area contributed by atoms with Gasteiger partial charge < -0.3 is 19.4 Å². The van der Waals surface area contributed by atoms with E-state index >= 15 is 0 Å². The van der Waals surface area contributed by atoms with E-state index in [1.807, 2.05) is 66.2 Å². The maximum atomic E-state index is 12.0. The number of nitrogens with one attached hydrogen (secondary N) is 1. The number of aryl methyl sites for hydroxylation is 1. The largest absolute Gasteiger partial charge is 0.495 e. The number of rotatable bonds is 8. The second-order valence-corrected chi connectivity index (χ2v) is 6.14. The average Bonchev–Trinajstić information content (AvgIpc) is 3.16. The van der Waals surface area contributed by atoms with Gasteiger partial charge in [0, 0.05) is 12.3 Å². The van der Waals surface area contributed by atoms with Crippen molar-refractivity contribution >= 4 is 12.0 Å². The number of methoxy groups -OCH3 is 1. The van der Waals surface area contributed by atoms with Crippen LogP contribution in [-0.4, -0.2) is 35.7 Å². The van der Waals surface area contributed by atoms with Gasteiger partial charge in [-0.15, -0.1) is 0 Å². The van der Waals surface area contributed by atoms with E-state index in [0.29, 0.717) is 18.9 Å². The minimum absolute atomic E-state index is 0.176. The molecule has 1 N–H and O–H groups in total. The van der Waals surface area contributed by atoms with Crippen LogP contribution in [0.2, 0.25) is 0 Å². The Morgan fingerprint density at radius 2 is 2.04 bits per heavy atom. The van der Waals surface area contributed by atoms with Gasteiger partial charge in [0.1, 0.15) is 18.1 Å². The van der Waals surface area contributed by atoms with Crippen molar-refractivity contribution in [3.05, 3.63) is 78.4 Å². The molecule has 0 unspecified atom stereocenters. The van der Waals surface area contributed by atoms with Gasteiger partial charge in [-0.25, -0.2) is 4.98 Å². The van der Waals surface area contributed by atoms with Crippen molar-refractivity contribution in [3.8, 4) is 17.2 Å². The Bertz CT molecular complexity index is 949. The lowest BCUT2D eigenvalue weighted by Crippen LogP contribution is -2.26. The second-order valence-electron chi connectivity index (χ2n) is 6.14. The molecule has 2 aromatic carbocycles. The maximum Gasteiger partial charge on any atom is 0.244 e. The molecular weight excluding hydrogens is 354 g/mol. The molecule has 0 fully saturated rings. The fraction of sp³-hybridized carbons (Fsp3) is 0.182. The zero-order valence-corrected chi connectivity index (χ0v) is 16.0. The van der Waals surface area contributed by atoms with Crippen LogP contribution >= 0.6 is 0 Å². The summed E-state index contributed by atoms with van der Waals surface area (Å²) < 4.78 is 12.9. The molecule has 144 valence electrons. The van der Waals surface area contributed by atoms with Gasteiger partial charge in [0.25, 0.3) is 0 Å². The monoisotopic (exact) mass is 377 g/mol. The van der Waals surface area contributed by atoms with Crippen molar-refractivity contribution < 1.29 is 14.3 Å². The smallest absolute Gasteiger partial charge is 0.244 e. The SMILES string of the molecule is COc1cc(C=CC(=O)NCCOc2ccccc2)ccc1-n1cnc(C)c1. The molecule has 6 nitrogen and oxygen atoms in total. The molecule has 0 aliphatic heterocycles. The van der Waals surface area contributed by atoms with Gasteiger partial charge in [0.15, 0.2) is 0 Å². The van der Waals surface area contributed by atoms with Crippen LogP contribution in [0.5, 0.6) is 11.5 Å². The van der Waals surface area contributed by atoms with Crippen molar-refractivity contribution in [1.29, 1.82) is 0 Å². The van der Waals surface area contributed by atoms with E-state index in [2.05, 4.69) is 10.3 Å². The molecular formula is C22H23N3O3. The third-order valence-electron chi connectivity index (χ3n) is 4.03. The van der Waals surface area contributed by atoms with Crippen molar-refractivity contribution in [3.63, 3.8) is 0 Å². The standard InChI is InChI=1S/C22H23N3O3/c1-17-15-25(16-24-17)20-10-8-18(14-21(20)27-2)9-11-22(26)23-12-13-28-19-6-4-3-5-7-19/h3-11,14-16H,12-13H2,1-2H3,(H,23,26). The molecule has 0 aliphatic carbocycles. The number of nitrogens with zero attached hydrogens (tertiary/aromatic N) is 2. The second kappa shape index (κ2) is 9.41. The Hall–Kier alpha value is -3.54. The fourth-order valence-electron chi connectivity index (χ4n) is 2.65. The number of carbonyl (C=O) groups is 1. The third-order valence-corrected chi connectivity index (χ3v) is 4.03. The fourth-order valence-corrected chi connectivity index (χ4v) is 2.65. The molecule has 1 amide bonds. The molecule has 0 saturated heterocycles. The van der Waals surface area contributed by atoms with Crippen LogP contribution in [0.1, 0.15) is 11.3 Å². The van der Waals surface area contributed by atoms with Crippen LogP contribution in [0.3, 0.4) is 0 Å². The molecule has 6 heteroatoms. The Balaban J connectivity index is 1.53. The lowest BCUT2D eigenvalue weighted by molar-refractivity contribution is -0.116. The first-order chi connectivity index (χ1) is 13.7. The summed E-state index contributed by atoms with van der Waals surface area (Å²) in [4.78, 5) is 16.2. The number of benzene rings is 2. The van der Waals surface area contributed by atoms with Gasteiger partial charge in [0.05, 0.1) is 31.4 Å². The molecule has 0 bridgehead atoms. The van der Waals surface area contributed by atoms with Crippen LogP contribution < -0.4 is 14.8 Å². The van der Waals surface area contributed by atoms with E-state index < -0.39 is 0 Å². The minimum atomic E-state index is -0.176. The van der Waals surface area contributed by atoms with Gasteiger partial charge in [-0.3, -0.25) is 4.79 Å². The highest BCUT2D eigenvalue weighted by Crippen LogP contribution is 2.25. The summed E-state index contributed by atoms with van der Waals surface area (Å²) in [5.74, 6) is 1.31. The summed E-state index contributed by atoms with van der Waals surface area (Å²) in [6, 6.07) is 15.2. The van der Waals surface area contributed by atoms with E-state index in [9.17, 15) is 4.79 Å². The van der Waals surface area contributed by atoms with E-state index in [0.717, 1.165) is 22.7 Å². The van der Waals surface area contributed by atoms with Crippen molar-refractivity contribution in [1.82, 2.24) is 14.9 Å². The predicted octanol–water partition coefficient (Wildman–Crippen LogP) is 3.40. The number of ether oxygens (including phenoxy) is 2. The van der Waals surface area contributed by atoms with Crippen LogP contribution in [-0.2, 0) is 4.79 Å². The molecule has 0 aliphatic rings. The summed E-state index contributed by atoms with van der Waals surface area (Å²) in [7, 11) is 1.62. The number of carbonyl (C=O) groups excluding carboxylic acids is 1. The molecule has 3 aromatic rings. The number of hydrogen-bond donors (Lipinski definition) is 1. The normalized spacial score (nSPS) is 10.8. The zero-order chi connectivity index (χ0) is 19.8. The van der Waals surface area contributed by atoms with E-state index in [4.69, 9.17) is 9.47 Å². The Morgan fingerprint density at radius 3 is 2.75 bits per heavy atom. The molecule has 0 radical (unpaired) electrons. The highest BCUT2D eigenvalue weighted by Gasteiger charge is 2.06. The lowest BCUT2D eigenvalue weighted by atomic mass is 10.1. The van der Waals surface area contributed by atoms with Crippen LogP contribution in [0.25, 0.3) is 11.8 Å². The highest BCUT2D eigenvalue weighted by molar-refractivity contribution is 5.91. The lowest BCUT2D eigenvalue weighted by Gasteiger charge is -2.10. The number of aromatic nitrogens is 2. The van der Waals surface area contributed by atoms with E-state index in [1.54, 1.807) is 19.5 Å². The summed E-state index contributed by atoms with van der Waals surface area (Å²) in [5.41, 5.74) is 2.69. The van der Waals surface area contributed by atoms with E-state index in [1.165, 1.54) is 6.08 Å². The first-order valence-corrected chi connectivity index (χ1v) is 8.98. The Kier molecular flexibility index (Phi) is 6.46. The predicted molar refractivity (Wildman–Crippen MR) is 109 cm³/mol. The van der Waals surface area contributed by atoms with Gasteiger partial charge in [-0.1, -0.05) is 24.3 Å².